The van der Waals surface area contributed by atoms with E-state index in [1.54, 1.807) is 0 Å². The molecule has 2 nitrogen and oxygen atoms in total. The Morgan fingerprint density at radius 1 is 0.808 bits per heavy atom. The molecular weight excluding hydrogens is 316 g/mol. The highest BCUT2D eigenvalue weighted by molar-refractivity contribution is 6.13. The largest absolute Gasteiger partial charge is 0.358 e. The summed E-state index contributed by atoms with van der Waals surface area (Å²) in [4.78, 5) is 7.55. The highest BCUT2D eigenvalue weighted by Gasteiger charge is 2.41. The van der Waals surface area contributed by atoms with E-state index < -0.39 is 0 Å². The lowest BCUT2D eigenvalue weighted by Crippen LogP contribution is -2.50. The van der Waals surface area contributed by atoms with E-state index in [1.165, 1.54) is 22.4 Å². The van der Waals surface area contributed by atoms with Gasteiger partial charge in [0.2, 0.25) is 0 Å². The average molecular weight is 340 g/mol. The molecule has 130 valence electrons. The number of likely N-dealkylation sites (N-methyl/N-ethyl adjacent to an activating group) is 1. The number of aliphatic imine (C=N–C) groups is 1. The van der Waals surface area contributed by atoms with Gasteiger partial charge in [0, 0.05) is 7.05 Å². The van der Waals surface area contributed by atoms with Gasteiger partial charge in [0.1, 0.15) is 5.54 Å². The maximum Gasteiger partial charge on any atom is 0.105 e. The summed E-state index contributed by atoms with van der Waals surface area (Å²) in [6.45, 7) is 6.59. The minimum absolute atomic E-state index is 0.336. The third kappa shape index (κ3) is 2.45. The van der Waals surface area contributed by atoms with Crippen LogP contribution in [0, 0.1) is 13.8 Å². The molecule has 1 aliphatic heterocycles. The Hall–Kier alpha value is -2.87. The van der Waals surface area contributed by atoms with Crippen molar-refractivity contribution >= 4 is 17.1 Å². The van der Waals surface area contributed by atoms with Crippen LogP contribution in [-0.2, 0) is 5.54 Å². The van der Waals surface area contributed by atoms with Crippen LogP contribution in [0.3, 0.4) is 0 Å². The summed E-state index contributed by atoms with van der Waals surface area (Å²) in [5.74, 6) is 0. The molecule has 0 spiro atoms. The Morgan fingerprint density at radius 3 is 2.04 bits per heavy atom. The Labute approximate surface area is 155 Å². The number of hydrogen-bond acceptors (Lipinski definition) is 2. The Bertz CT molecular complexity index is 974. The maximum absolute atomic E-state index is 5.17. The topological polar surface area (TPSA) is 15.6 Å². The smallest absolute Gasteiger partial charge is 0.105 e. The van der Waals surface area contributed by atoms with Gasteiger partial charge in [0.15, 0.2) is 0 Å². The molecule has 3 aromatic rings. The van der Waals surface area contributed by atoms with Crippen molar-refractivity contribution < 1.29 is 0 Å². The van der Waals surface area contributed by atoms with E-state index in [0.29, 0.717) is 0 Å². The first-order valence-corrected chi connectivity index (χ1v) is 9.07. The number of anilines is 1. The molecule has 0 N–H and O–H groups in total. The third-order valence-corrected chi connectivity index (χ3v) is 5.70. The van der Waals surface area contributed by atoms with Crippen molar-refractivity contribution in [3.63, 3.8) is 0 Å². The van der Waals surface area contributed by atoms with Gasteiger partial charge in [-0.05, 0) is 55.2 Å². The SMILES string of the molecule is Cc1cc2c(cc1C)N(C)C(C)(c1ccccc1)C(c1ccccc1)=N2. The minimum atomic E-state index is -0.336. The zero-order valence-electron chi connectivity index (χ0n) is 15.8. The van der Waals surface area contributed by atoms with Crippen molar-refractivity contribution in [1.82, 2.24) is 0 Å². The second-order valence-corrected chi connectivity index (χ2v) is 7.25. The van der Waals surface area contributed by atoms with Gasteiger partial charge in [0.25, 0.3) is 0 Å². The number of hydrogen-bond donors (Lipinski definition) is 0. The molecule has 0 saturated carbocycles. The summed E-state index contributed by atoms with van der Waals surface area (Å²) >= 11 is 0. The molecule has 0 amide bonds. The molecule has 0 aromatic heterocycles. The number of rotatable bonds is 2. The standard InChI is InChI=1S/C24H24N2/c1-17-15-21-22(16-18(17)2)26(4)24(3,20-13-9-6-10-14-20)23(25-21)19-11-7-5-8-12-19/h5-16H,1-4H3. The van der Waals surface area contributed by atoms with Crippen LogP contribution in [0.1, 0.15) is 29.2 Å². The number of nitrogens with zero attached hydrogens (tertiary/aromatic N) is 2. The summed E-state index contributed by atoms with van der Waals surface area (Å²) in [6, 6.07) is 25.7. The van der Waals surface area contributed by atoms with E-state index >= 15 is 0 Å². The first-order valence-electron chi connectivity index (χ1n) is 9.07. The molecule has 0 fully saturated rings. The van der Waals surface area contributed by atoms with Crippen LogP contribution in [0.2, 0.25) is 0 Å². The van der Waals surface area contributed by atoms with E-state index in [1.807, 2.05) is 0 Å². The first kappa shape index (κ1) is 16.6. The monoisotopic (exact) mass is 340 g/mol. The average Bonchev–Trinajstić information content (AvgIpc) is 2.68. The zero-order chi connectivity index (χ0) is 18.3. The molecule has 1 aliphatic rings. The molecule has 26 heavy (non-hydrogen) atoms. The van der Waals surface area contributed by atoms with E-state index in [9.17, 15) is 0 Å². The van der Waals surface area contributed by atoms with E-state index in [4.69, 9.17) is 4.99 Å². The fraction of sp³-hybridized carbons (Fsp3) is 0.208. The molecular formula is C24H24N2. The van der Waals surface area contributed by atoms with Gasteiger partial charge in [-0.3, -0.25) is 0 Å². The molecule has 3 aromatic carbocycles. The molecule has 0 aliphatic carbocycles. The van der Waals surface area contributed by atoms with E-state index in [2.05, 4.69) is 106 Å². The molecule has 0 bridgehead atoms. The normalized spacial score (nSPS) is 19.1. The van der Waals surface area contributed by atoms with Gasteiger partial charge in [-0.2, -0.15) is 0 Å². The van der Waals surface area contributed by atoms with Crippen LogP contribution in [0.15, 0.2) is 77.8 Å². The second-order valence-electron chi connectivity index (χ2n) is 7.25. The van der Waals surface area contributed by atoms with Crippen LogP contribution in [0.4, 0.5) is 11.4 Å². The van der Waals surface area contributed by atoms with Gasteiger partial charge in [0.05, 0.1) is 17.1 Å². The van der Waals surface area contributed by atoms with Gasteiger partial charge in [-0.1, -0.05) is 60.7 Å². The lowest BCUT2D eigenvalue weighted by Gasteiger charge is -2.45. The number of benzene rings is 3. The molecule has 1 unspecified atom stereocenters. The zero-order valence-corrected chi connectivity index (χ0v) is 15.8. The molecule has 2 heteroatoms. The van der Waals surface area contributed by atoms with Gasteiger partial charge in [-0.25, -0.2) is 4.99 Å². The van der Waals surface area contributed by atoms with Crippen LogP contribution >= 0.6 is 0 Å². The van der Waals surface area contributed by atoms with Crippen LogP contribution in [0.25, 0.3) is 0 Å². The fourth-order valence-corrected chi connectivity index (χ4v) is 3.81. The Morgan fingerprint density at radius 2 is 1.38 bits per heavy atom. The summed E-state index contributed by atoms with van der Waals surface area (Å²) in [5, 5.41) is 0. The van der Waals surface area contributed by atoms with Gasteiger partial charge >= 0.3 is 0 Å². The predicted molar refractivity (Wildman–Crippen MR) is 111 cm³/mol. The summed E-state index contributed by atoms with van der Waals surface area (Å²) < 4.78 is 0. The van der Waals surface area contributed by atoms with E-state index in [0.717, 1.165) is 17.0 Å². The minimum Gasteiger partial charge on any atom is -0.358 e. The third-order valence-electron chi connectivity index (χ3n) is 5.70. The lowest BCUT2D eigenvalue weighted by atomic mass is 9.80. The van der Waals surface area contributed by atoms with Crippen molar-refractivity contribution in [2.24, 2.45) is 4.99 Å². The highest BCUT2D eigenvalue weighted by Crippen LogP contribution is 2.45. The number of aryl methyl sites for hydroxylation is 2. The summed E-state index contributed by atoms with van der Waals surface area (Å²) in [7, 11) is 2.18. The molecule has 4 rings (SSSR count). The second kappa shape index (κ2) is 6.14. The summed E-state index contributed by atoms with van der Waals surface area (Å²) in [5.41, 5.74) is 7.95. The highest BCUT2D eigenvalue weighted by atomic mass is 15.2. The van der Waals surface area contributed by atoms with Crippen LogP contribution in [-0.4, -0.2) is 12.8 Å². The van der Waals surface area contributed by atoms with Gasteiger partial charge < -0.3 is 4.90 Å². The van der Waals surface area contributed by atoms with Crippen molar-refractivity contribution in [2.75, 3.05) is 11.9 Å². The van der Waals surface area contributed by atoms with Gasteiger partial charge in [-0.15, -0.1) is 0 Å². The van der Waals surface area contributed by atoms with E-state index in [-0.39, 0.29) is 5.54 Å². The molecule has 0 saturated heterocycles. The molecule has 0 radical (unpaired) electrons. The van der Waals surface area contributed by atoms with Crippen molar-refractivity contribution in [3.05, 3.63) is 95.1 Å². The Balaban J connectivity index is 2.02. The van der Waals surface area contributed by atoms with Crippen LogP contribution in [0.5, 0.6) is 0 Å². The quantitative estimate of drug-likeness (QED) is 0.576. The Kier molecular flexibility index (Phi) is 3.91. The van der Waals surface area contributed by atoms with Crippen molar-refractivity contribution in [2.45, 2.75) is 26.3 Å². The first-order chi connectivity index (χ1) is 12.5. The van der Waals surface area contributed by atoms with Crippen molar-refractivity contribution in [3.8, 4) is 0 Å². The van der Waals surface area contributed by atoms with Crippen LogP contribution < -0.4 is 4.90 Å². The predicted octanol–water partition coefficient (Wildman–Crippen LogP) is 5.79. The molecule has 1 atom stereocenters. The maximum atomic E-state index is 5.17. The lowest BCUT2D eigenvalue weighted by molar-refractivity contribution is 0.614. The number of fused-ring (bicyclic) bond motifs is 1. The molecule has 1 heterocycles. The van der Waals surface area contributed by atoms with Crippen molar-refractivity contribution in [1.29, 1.82) is 0 Å². The fourth-order valence-electron chi connectivity index (χ4n) is 3.81. The summed E-state index contributed by atoms with van der Waals surface area (Å²) in [6.07, 6.45) is 0.